The predicted molar refractivity (Wildman–Crippen MR) is 96.8 cm³/mol. The molecule has 2 rings (SSSR count). The number of alkyl carbamates (subject to hydrolysis) is 1. The summed E-state index contributed by atoms with van der Waals surface area (Å²) in [5.74, 6) is -0.491. The maximum Gasteiger partial charge on any atom is 0.408 e. The lowest BCUT2D eigenvalue weighted by Crippen LogP contribution is -2.45. The van der Waals surface area contributed by atoms with E-state index in [1.807, 2.05) is 12.1 Å². The molecule has 6 nitrogen and oxygen atoms in total. The van der Waals surface area contributed by atoms with Crippen LogP contribution < -0.4 is 10.2 Å². The number of ether oxygens (including phenoxy) is 2. The fourth-order valence-electron chi connectivity index (χ4n) is 2.84. The van der Waals surface area contributed by atoms with Crippen LogP contribution in [0.5, 0.6) is 0 Å². The Labute approximate surface area is 149 Å². The predicted octanol–water partition coefficient (Wildman–Crippen LogP) is 2.90. The number of nitrogens with one attached hydrogen (secondary N) is 1. The molecule has 1 amide bonds. The maximum atomic E-state index is 12.0. The molecule has 0 saturated carbocycles. The Kier molecular flexibility index (Phi) is 6.28. The van der Waals surface area contributed by atoms with Crippen molar-refractivity contribution in [3.63, 3.8) is 0 Å². The Balaban J connectivity index is 2.01. The van der Waals surface area contributed by atoms with Crippen molar-refractivity contribution in [1.82, 2.24) is 5.32 Å². The molecule has 1 N–H and O–H groups in total. The molecule has 0 aliphatic carbocycles. The summed E-state index contributed by atoms with van der Waals surface area (Å²) in [4.78, 5) is 26.3. The van der Waals surface area contributed by atoms with Crippen LogP contribution in [0.4, 0.5) is 10.5 Å². The molecule has 1 fully saturated rings. The summed E-state index contributed by atoms with van der Waals surface area (Å²) in [7, 11) is 1.31. The molecular weight excluding hydrogens is 320 g/mol. The molecule has 1 saturated heterocycles. The highest BCUT2D eigenvalue weighted by Crippen LogP contribution is 2.21. The van der Waals surface area contributed by atoms with Crippen LogP contribution in [-0.2, 0) is 20.7 Å². The molecule has 0 radical (unpaired) electrons. The van der Waals surface area contributed by atoms with Gasteiger partial charge in [0.05, 0.1) is 7.11 Å². The average Bonchev–Trinajstić information content (AvgIpc) is 3.07. The van der Waals surface area contributed by atoms with Gasteiger partial charge in [-0.25, -0.2) is 9.59 Å². The number of carbonyl (C=O) groups excluding carboxylic acids is 2. The van der Waals surface area contributed by atoms with Gasteiger partial charge in [-0.3, -0.25) is 0 Å². The SMILES string of the molecule is COC(=O)C(Cc1ccc(N2CCCC2)cc1)NC(=O)OC(C)(C)C. The minimum atomic E-state index is -0.780. The number of anilines is 1. The third-order valence-corrected chi connectivity index (χ3v) is 4.02. The van der Waals surface area contributed by atoms with E-state index in [2.05, 4.69) is 22.3 Å². The molecule has 0 bridgehead atoms. The van der Waals surface area contributed by atoms with Gasteiger partial charge in [-0.2, -0.15) is 0 Å². The largest absolute Gasteiger partial charge is 0.467 e. The number of hydrogen-bond acceptors (Lipinski definition) is 5. The number of methoxy groups -OCH3 is 1. The summed E-state index contributed by atoms with van der Waals surface area (Å²) < 4.78 is 10.0. The minimum Gasteiger partial charge on any atom is -0.467 e. The molecular formula is C19H28N2O4. The number of amides is 1. The van der Waals surface area contributed by atoms with E-state index in [9.17, 15) is 9.59 Å². The molecule has 1 aromatic rings. The minimum absolute atomic E-state index is 0.353. The Bertz CT molecular complexity index is 586. The van der Waals surface area contributed by atoms with E-state index in [0.29, 0.717) is 6.42 Å². The fraction of sp³-hybridized carbons (Fsp3) is 0.579. The number of rotatable bonds is 5. The fourth-order valence-corrected chi connectivity index (χ4v) is 2.84. The monoisotopic (exact) mass is 348 g/mol. The standard InChI is InChI=1S/C19H28N2O4/c1-19(2,3)25-18(23)20-16(17(22)24-4)13-14-7-9-15(10-8-14)21-11-5-6-12-21/h7-10,16H,5-6,11-13H2,1-4H3,(H,20,23). The van der Waals surface area contributed by atoms with Crippen molar-refractivity contribution in [1.29, 1.82) is 0 Å². The van der Waals surface area contributed by atoms with Crippen molar-refractivity contribution >= 4 is 17.7 Å². The van der Waals surface area contributed by atoms with Crippen LogP contribution >= 0.6 is 0 Å². The van der Waals surface area contributed by atoms with Crippen LogP contribution in [0.15, 0.2) is 24.3 Å². The van der Waals surface area contributed by atoms with Crippen LogP contribution in [0.25, 0.3) is 0 Å². The van der Waals surface area contributed by atoms with Crippen molar-refractivity contribution in [3.8, 4) is 0 Å². The molecule has 1 aliphatic rings. The quantitative estimate of drug-likeness (QED) is 0.829. The number of benzene rings is 1. The summed E-state index contributed by atoms with van der Waals surface area (Å²) in [5, 5.41) is 2.60. The van der Waals surface area contributed by atoms with E-state index in [-0.39, 0.29) is 0 Å². The lowest BCUT2D eigenvalue weighted by atomic mass is 10.1. The molecule has 1 heterocycles. The van der Waals surface area contributed by atoms with E-state index in [0.717, 1.165) is 18.7 Å². The van der Waals surface area contributed by atoms with E-state index in [1.54, 1.807) is 20.8 Å². The van der Waals surface area contributed by atoms with Gasteiger partial charge in [0.1, 0.15) is 11.6 Å². The highest BCUT2D eigenvalue weighted by Gasteiger charge is 2.25. The first kappa shape index (κ1) is 19.1. The van der Waals surface area contributed by atoms with Gasteiger partial charge in [0.15, 0.2) is 0 Å². The normalized spacial score (nSPS) is 15.6. The van der Waals surface area contributed by atoms with Crippen LogP contribution in [0.2, 0.25) is 0 Å². The van der Waals surface area contributed by atoms with Gasteiger partial charge < -0.3 is 19.7 Å². The van der Waals surface area contributed by atoms with Gasteiger partial charge in [0.25, 0.3) is 0 Å². The highest BCUT2D eigenvalue weighted by molar-refractivity contribution is 5.81. The molecule has 0 aromatic heterocycles. The molecule has 138 valence electrons. The summed E-state index contributed by atoms with van der Waals surface area (Å²) in [6.45, 7) is 7.50. The van der Waals surface area contributed by atoms with Crippen LogP contribution in [0, 0.1) is 0 Å². The topological polar surface area (TPSA) is 67.9 Å². The second-order valence-corrected chi connectivity index (χ2v) is 7.29. The Morgan fingerprint density at radius 2 is 1.76 bits per heavy atom. The Morgan fingerprint density at radius 1 is 1.16 bits per heavy atom. The van der Waals surface area contributed by atoms with Crippen molar-refractivity contribution in [2.75, 3.05) is 25.1 Å². The summed E-state index contributed by atoms with van der Waals surface area (Å²) >= 11 is 0. The Morgan fingerprint density at radius 3 is 2.28 bits per heavy atom. The zero-order valence-electron chi connectivity index (χ0n) is 15.5. The summed E-state index contributed by atoms with van der Waals surface area (Å²) in [6.07, 6.45) is 2.18. The number of esters is 1. The third-order valence-electron chi connectivity index (χ3n) is 4.02. The van der Waals surface area contributed by atoms with Crippen LogP contribution in [0.1, 0.15) is 39.2 Å². The molecule has 1 aromatic carbocycles. The number of carbonyl (C=O) groups is 2. The zero-order valence-corrected chi connectivity index (χ0v) is 15.5. The molecule has 1 aliphatic heterocycles. The second kappa shape index (κ2) is 8.23. The van der Waals surface area contributed by atoms with Crippen molar-refractivity contribution in [3.05, 3.63) is 29.8 Å². The van der Waals surface area contributed by atoms with Gasteiger partial charge in [-0.15, -0.1) is 0 Å². The van der Waals surface area contributed by atoms with Gasteiger partial charge >= 0.3 is 12.1 Å². The van der Waals surface area contributed by atoms with Gasteiger partial charge in [-0.1, -0.05) is 12.1 Å². The first-order valence-corrected chi connectivity index (χ1v) is 8.70. The van der Waals surface area contributed by atoms with Crippen molar-refractivity contribution < 1.29 is 19.1 Å². The van der Waals surface area contributed by atoms with Crippen LogP contribution in [-0.4, -0.2) is 43.9 Å². The molecule has 1 atom stereocenters. The molecule has 1 unspecified atom stereocenters. The van der Waals surface area contributed by atoms with E-state index >= 15 is 0 Å². The summed E-state index contributed by atoms with van der Waals surface area (Å²) in [5.41, 5.74) is 1.52. The maximum absolute atomic E-state index is 12.0. The molecule has 6 heteroatoms. The van der Waals surface area contributed by atoms with Crippen molar-refractivity contribution in [2.24, 2.45) is 0 Å². The van der Waals surface area contributed by atoms with E-state index in [1.165, 1.54) is 25.6 Å². The smallest absolute Gasteiger partial charge is 0.408 e. The first-order chi connectivity index (χ1) is 11.8. The van der Waals surface area contributed by atoms with E-state index < -0.39 is 23.7 Å². The average molecular weight is 348 g/mol. The highest BCUT2D eigenvalue weighted by atomic mass is 16.6. The number of hydrogen-bond donors (Lipinski definition) is 1. The first-order valence-electron chi connectivity index (χ1n) is 8.70. The Hall–Kier alpha value is -2.24. The third kappa shape index (κ3) is 5.96. The van der Waals surface area contributed by atoms with Gasteiger partial charge in [0.2, 0.25) is 0 Å². The van der Waals surface area contributed by atoms with Gasteiger partial charge in [0, 0.05) is 25.2 Å². The lowest BCUT2D eigenvalue weighted by Gasteiger charge is -2.23. The van der Waals surface area contributed by atoms with Crippen LogP contribution in [0.3, 0.4) is 0 Å². The van der Waals surface area contributed by atoms with Crippen molar-refractivity contribution in [2.45, 2.75) is 51.7 Å². The molecule has 25 heavy (non-hydrogen) atoms. The van der Waals surface area contributed by atoms with E-state index in [4.69, 9.17) is 9.47 Å². The van der Waals surface area contributed by atoms with Gasteiger partial charge in [-0.05, 0) is 51.3 Å². The zero-order chi connectivity index (χ0) is 18.4. The number of nitrogens with zero attached hydrogens (tertiary/aromatic N) is 1. The molecule has 0 spiro atoms. The second-order valence-electron chi connectivity index (χ2n) is 7.29. The summed E-state index contributed by atoms with van der Waals surface area (Å²) in [6, 6.07) is 7.31. The lowest BCUT2D eigenvalue weighted by molar-refractivity contribution is -0.143.